The number of carboxylic acid groups (broad SMARTS) is 1. The summed E-state index contributed by atoms with van der Waals surface area (Å²) in [4.78, 5) is 160. The third-order valence-corrected chi connectivity index (χ3v) is 12.7. The first-order chi connectivity index (χ1) is 38.3. The van der Waals surface area contributed by atoms with Crippen LogP contribution in [0.2, 0.25) is 0 Å². The molecular formula is C51H74N14O15S. The molecule has 444 valence electrons. The van der Waals surface area contributed by atoms with Gasteiger partial charge in [0, 0.05) is 35.7 Å². The number of H-pyrrole nitrogens is 1. The Hall–Kier alpha value is -8.35. The van der Waals surface area contributed by atoms with Crippen LogP contribution in [0.25, 0.3) is 10.9 Å². The summed E-state index contributed by atoms with van der Waals surface area (Å²) in [5.74, 6) is -12.6. The van der Waals surface area contributed by atoms with Gasteiger partial charge >= 0.3 is 5.97 Å². The quantitative estimate of drug-likeness (QED) is 0.0196. The van der Waals surface area contributed by atoms with Crippen molar-refractivity contribution in [2.45, 2.75) is 121 Å². The number of aromatic hydroxyl groups is 1. The van der Waals surface area contributed by atoms with Crippen LogP contribution in [0.4, 0.5) is 0 Å². The molecular weight excluding hydrogens is 1080 g/mol. The molecule has 0 spiro atoms. The molecule has 30 heteroatoms. The van der Waals surface area contributed by atoms with E-state index >= 15 is 0 Å². The van der Waals surface area contributed by atoms with Crippen molar-refractivity contribution in [3.63, 3.8) is 0 Å². The van der Waals surface area contributed by atoms with Crippen LogP contribution < -0.4 is 70.4 Å². The molecule has 29 nitrogen and oxygen atoms in total. The predicted molar refractivity (Wildman–Crippen MR) is 295 cm³/mol. The molecule has 3 aromatic rings. The average molecular weight is 1160 g/mol. The number of rotatable bonds is 34. The number of carbonyl (C=O) groups excluding carboxylic acids is 11. The number of aromatic nitrogens is 1. The van der Waals surface area contributed by atoms with E-state index in [4.69, 9.17) is 17.2 Å². The molecule has 0 saturated heterocycles. The van der Waals surface area contributed by atoms with Crippen molar-refractivity contribution in [1.29, 1.82) is 0 Å². The maximum atomic E-state index is 14.4. The molecule has 0 bridgehead atoms. The van der Waals surface area contributed by atoms with Gasteiger partial charge in [-0.2, -0.15) is 12.6 Å². The van der Waals surface area contributed by atoms with Crippen LogP contribution in [0.1, 0.15) is 64.5 Å². The Bertz CT molecular complexity index is 2710. The number of nitrogens with two attached hydrogens (primary N) is 3. The lowest BCUT2D eigenvalue weighted by Gasteiger charge is -2.28. The highest BCUT2D eigenvalue weighted by atomic mass is 32.1. The summed E-state index contributed by atoms with van der Waals surface area (Å²) in [6.07, 6.45) is 1.48. The summed E-state index contributed by atoms with van der Waals surface area (Å²) in [6.45, 7) is 3.74. The smallest absolute Gasteiger partial charge is 0.326 e. The number of amides is 11. The number of benzene rings is 2. The van der Waals surface area contributed by atoms with E-state index in [-0.39, 0.29) is 30.8 Å². The van der Waals surface area contributed by atoms with Crippen LogP contribution in [0.15, 0.2) is 54.7 Å². The number of phenols is 1. The van der Waals surface area contributed by atoms with Gasteiger partial charge < -0.3 is 90.7 Å². The first kappa shape index (κ1) is 66.9. The number of aliphatic hydroxyl groups excluding tert-OH is 1. The van der Waals surface area contributed by atoms with Gasteiger partial charge in [-0.3, -0.25) is 52.7 Å². The minimum atomic E-state index is -1.77. The lowest BCUT2D eigenvalue weighted by Crippen LogP contribution is -2.61. The normalized spacial score (nSPS) is 14.4. The second-order valence-corrected chi connectivity index (χ2v) is 19.6. The number of unbranched alkanes of at least 4 members (excludes halogenated alkanes) is 1. The topological polar surface area (TPSA) is 480 Å². The minimum Gasteiger partial charge on any atom is -0.508 e. The standard InChI is InChI=1S/C51H74N14O15S/c1-25(2)42(50(78)64-38(24-81)49(77)58-26(3)43(71)57-27(4)44(72)61-33(51(79)80)11-7-8-16-52)65-48(76)35(18-29-21-55-32-10-6-5-9-31(29)32)62-47(75)36(19-39(54)68)60-41(70)22-56-45(73)37(23-66)63-46(74)34(59-40(69)20-53)17-28-12-14-30(67)15-13-28/h5-6,9-10,12-15,21,25-27,33-38,42,55,66-67,81H,7-8,11,16-20,22-24,52-53H2,1-4H3,(H2,54,68)(H,56,73)(H,57,71)(H,58,77)(H,59,69)(H,60,70)(H,61,72)(H,62,75)(H,63,74)(H,64,78)(H,65,76)(H,79,80)/t26-,27-,33-,34-,35-,36-,37-,38-,42-/m0/s1. The van der Waals surface area contributed by atoms with Crippen molar-refractivity contribution in [3.05, 3.63) is 65.9 Å². The van der Waals surface area contributed by atoms with E-state index in [0.717, 1.165) is 0 Å². The van der Waals surface area contributed by atoms with Crippen molar-refractivity contribution in [3.8, 4) is 5.75 Å². The zero-order chi connectivity index (χ0) is 60.5. The van der Waals surface area contributed by atoms with Crippen molar-refractivity contribution in [1.82, 2.24) is 58.2 Å². The first-order valence-corrected chi connectivity index (χ1v) is 26.4. The average Bonchev–Trinajstić information content (AvgIpc) is 3.84. The zero-order valence-electron chi connectivity index (χ0n) is 45.2. The highest BCUT2D eigenvalue weighted by molar-refractivity contribution is 7.80. The summed E-state index contributed by atoms with van der Waals surface area (Å²) in [7, 11) is 0. The molecule has 9 atom stereocenters. The fourth-order valence-electron chi connectivity index (χ4n) is 7.82. The number of hydrogen-bond donors (Lipinski definition) is 18. The fourth-order valence-corrected chi connectivity index (χ4v) is 8.08. The maximum absolute atomic E-state index is 14.4. The largest absolute Gasteiger partial charge is 0.508 e. The van der Waals surface area contributed by atoms with E-state index in [1.54, 1.807) is 44.3 Å². The molecule has 0 unspecified atom stereocenters. The Morgan fingerprint density at radius 1 is 0.593 bits per heavy atom. The molecule has 20 N–H and O–H groups in total. The van der Waals surface area contributed by atoms with Crippen molar-refractivity contribution in [2.75, 3.05) is 32.0 Å². The van der Waals surface area contributed by atoms with Gasteiger partial charge in [0.2, 0.25) is 65.0 Å². The summed E-state index contributed by atoms with van der Waals surface area (Å²) in [5, 5.41) is 53.8. The van der Waals surface area contributed by atoms with E-state index < -0.39 is 157 Å². The van der Waals surface area contributed by atoms with Crippen molar-refractivity contribution >= 4 is 94.5 Å². The van der Waals surface area contributed by atoms with E-state index in [0.29, 0.717) is 41.4 Å². The number of fused-ring (bicyclic) bond motifs is 1. The molecule has 0 aliphatic rings. The summed E-state index contributed by atoms with van der Waals surface area (Å²) in [5.41, 5.74) is 18.0. The number of thiol groups is 1. The number of carbonyl (C=O) groups is 12. The maximum Gasteiger partial charge on any atom is 0.326 e. The van der Waals surface area contributed by atoms with Gasteiger partial charge in [0.1, 0.15) is 60.1 Å². The summed E-state index contributed by atoms with van der Waals surface area (Å²) >= 11 is 4.20. The van der Waals surface area contributed by atoms with E-state index in [1.165, 1.54) is 38.1 Å². The molecule has 0 radical (unpaired) electrons. The van der Waals surface area contributed by atoms with Gasteiger partial charge in [-0.05, 0) is 74.9 Å². The van der Waals surface area contributed by atoms with Crippen LogP contribution in [-0.4, -0.2) is 178 Å². The third-order valence-electron chi connectivity index (χ3n) is 12.4. The van der Waals surface area contributed by atoms with Crippen LogP contribution in [0.5, 0.6) is 5.75 Å². The number of nitrogens with one attached hydrogen (secondary N) is 11. The molecule has 81 heavy (non-hydrogen) atoms. The fraction of sp³-hybridized carbons (Fsp3) is 0.490. The molecule has 0 saturated carbocycles. The van der Waals surface area contributed by atoms with Gasteiger partial charge in [0.05, 0.1) is 26.1 Å². The van der Waals surface area contributed by atoms with Crippen LogP contribution in [0.3, 0.4) is 0 Å². The molecule has 0 aliphatic heterocycles. The van der Waals surface area contributed by atoms with Gasteiger partial charge in [0.25, 0.3) is 0 Å². The summed E-state index contributed by atoms with van der Waals surface area (Å²) in [6, 6.07) is -0.173. The van der Waals surface area contributed by atoms with Crippen molar-refractivity contribution in [2.24, 2.45) is 23.1 Å². The predicted octanol–water partition coefficient (Wildman–Crippen LogP) is -5.20. The van der Waals surface area contributed by atoms with E-state index in [2.05, 4.69) is 70.8 Å². The lowest BCUT2D eigenvalue weighted by atomic mass is 10.00. The zero-order valence-corrected chi connectivity index (χ0v) is 46.1. The van der Waals surface area contributed by atoms with Crippen LogP contribution >= 0.6 is 12.6 Å². The van der Waals surface area contributed by atoms with Gasteiger partial charge in [-0.1, -0.05) is 44.2 Å². The minimum absolute atomic E-state index is 0.0591. The van der Waals surface area contributed by atoms with Gasteiger partial charge in [0.15, 0.2) is 0 Å². The molecule has 11 amide bonds. The van der Waals surface area contributed by atoms with E-state index in [9.17, 15) is 72.9 Å². The molecule has 1 aromatic heterocycles. The Morgan fingerprint density at radius 3 is 1.73 bits per heavy atom. The highest BCUT2D eigenvalue weighted by Gasteiger charge is 2.35. The van der Waals surface area contributed by atoms with Gasteiger partial charge in [-0.25, -0.2) is 4.79 Å². The number of phenolic OH excluding ortho intramolecular Hbond substituents is 1. The Kier molecular flexibility index (Phi) is 27.5. The van der Waals surface area contributed by atoms with E-state index in [1.807, 2.05) is 0 Å². The number of aliphatic hydroxyl groups is 1. The molecule has 2 aromatic carbocycles. The Balaban J connectivity index is 1.75. The van der Waals surface area contributed by atoms with Gasteiger partial charge in [-0.15, -0.1) is 0 Å². The Morgan fingerprint density at radius 2 is 1.14 bits per heavy atom. The number of para-hydroxylation sites is 1. The number of primary amides is 1. The SMILES string of the molecule is CC(C)[C@H](NC(=O)[C@H](Cc1c[nH]c2ccccc12)NC(=O)[C@H](CC(N)=O)NC(=O)CNC(=O)[C@H](CO)NC(=O)[C@H](Cc1ccc(O)cc1)NC(=O)CN)C(=O)N[C@@H](CS)C(=O)N[C@@H](C)C(=O)N[C@@H](C)C(=O)N[C@@H](CCCCN)C(=O)O. The number of aromatic amines is 1. The number of carboxylic acids is 1. The Labute approximate surface area is 471 Å². The number of aliphatic carboxylic acids is 1. The van der Waals surface area contributed by atoms with Crippen LogP contribution in [-0.2, 0) is 70.4 Å². The lowest BCUT2D eigenvalue weighted by molar-refractivity contribution is -0.142. The molecule has 1 heterocycles. The summed E-state index contributed by atoms with van der Waals surface area (Å²) < 4.78 is 0. The second-order valence-electron chi connectivity index (χ2n) is 19.2. The molecule has 0 fully saturated rings. The third kappa shape index (κ3) is 22.0. The molecule has 0 aliphatic carbocycles. The van der Waals surface area contributed by atoms with Crippen LogP contribution in [0, 0.1) is 5.92 Å². The second kappa shape index (κ2) is 33.3. The monoisotopic (exact) mass is 1150 g/mol. The van der Waals surface area contributed by atoms with Crippen molar-refractivity contribution < 1.29 is 72.9 Å². The highest BCUT2D eigenvalue weighted by Crippen LogP contribution is 2.20. The number of hydrogen-bond acceptors (Lipinski definition) is 17. The molecule has 3 rings (SSSR count). The first-order valence-electron chi connectivity index (χ1n) is 25.8.